The van der Waals surface area contributed by atoms with Crippen molar-refractivity contribution in [2.45, 2.75) is 45.1 Å². The average molecular weight is 210 g/mol. The molecule has 15 heavy (non-hydrogen) atoms. The van der Waals surface area contributed by atoms with Crippen molar-refractivity contribution in [1.29, 1.82) is 0 Å². The van der Waals surface area contributed by atoms with Gasteiger partial charge in [-0.3, -0.25) is 9.48 Å². The summed E-state index contributed by atoms with van der Waals surface area (Å²) in [6, 6.07) is 0.274. The Hall–Kier alpha value is -1.19. The smallest absolute Gasteiger partial charge is 0.309 e. The molecule has 0 spiro atoms. The lowest BCUT2D eigenvalue weighted by Gasteiger charge is -2.24. The lowest BCUT2D eigenvalue weighted by Crippen LogP contribution is -2.28. The van der Waals surface area contributed by atoms with Gasteiger partial charge in [0.05, 0.1) is 11.7 Å². The Balaban J connectivity index is 2.43. The number of nitrogens with zero attached hydrogens (tertiary/aromatic N) is 2. The second kappa shape index (κ2) is 3.76. The summed E-state index contributed by atoms with van der Waals surface area (Å²) < 4.78 is 3.50. The van der Waals surface area contributed by atoms with Crippen molar-refractivity contribution in [2.75, 3.05) is 0 Å². The van der Waals surface area contributed by atoms with Gasteiger partial charge in [-0.2, -0.15) is 0 Å². The summed E-state index contributed by atoms with van der Waals surface area (Å²) >= 11 is 0. The summed E-state index contributed by atoms with van der Waals surface area (Å²) in [5.74, 6) is -0.0944. The van der Waals surface area contributed by atoms with Crippen LogP contribution in [0, 0.1) is 6.92 Å². The van der Waals surface area contributed by atoms with Gasteiger partial charge in [-0.05, 0) is 19.8 Å². The first-order chi connectivity index (χ1) is 7.13. The van der Waals surface area contributed by atoms with E-state index in [1.165, 1.54) is 19.3 Å². The van der Waals surface area contributed by atoms with Crippen molar-refractivity contribution in [3.63, 3.8) is 0 Å². The highest BCUT2D eigenvalue weighted by molar-refractivity contribution is 5.22. The van der Waals surface area contributed by atoms with Gasteiger partial charge in [0, 0.05) is 7.05 Å². The van der Waals surface area contributed by atoms with Crippen LogP contribution >= 0.6 is 0 Å². The van der Waals surface area contributed by atoms with Gasteiger partial charge < -0.3 is 5.11 Å². The van der Waals surface area contributed by atoms with E-state index < -0.39 is 0 Å². The molecule has 4 heteroatoms. The Morgan fingerprint density at radius 1 is 1.27 bits per heavy atom. The van der Waals surface area contributed by atoms with Crippen LogP contribution in [0.15, 0.2) is 4.79 Å². The highest BCUT2D eigenvalue weighted by atomic mass is 16.3. The molecule has 1 N–H and O–H groups in total. The minimum absolute atomic E-state index is 0.0944. The Morgan fingerprint density at radius 2 is 1.87 bits per heavy atom. The van der Waals surface area contributed by atoms with Crippen molar-refractivity contribution in [3.05, 3.63) is 16.0 Å². The summed E-state index contributed by atoms with van der Waals surface area (Å²) in [5, 5.41) is 9.58. The van der Waals surface area contributed by atoms with Gasteiger partial charge in [0.2, 0.25) is 5.75 Å². The largest absolute Gasteiger partial charge is 0.502 e. The number of aromatic hydroxyl groups is 1. The molecule has 0 saturated heterocycles. The van der Waals surface area contributed by atoms with Crippen molar-refractivity contribution in [1.82, 2.24) is 9.36 Å². The summed E-state index contributed by atoms with van der Waals surface area (Å²) in [7, 11) is 1.84. The fourth-order valence-corrected chi connectivity index (χ4v) is 2.45. The van der Waals surface area contributed by atoms with E-state index in [2.05, 4.69) is 0 Å². The van der Waals surface area contributed by atoms with Crippen LogP contribution in [-0.4, -0.2) is 14.5 Å². The third kappa shape index (κ3) is 1.58. The molecule has 0 bridgehead atoms. The van der Waals surface area contributed by atoms with E-state index in [0.717, 1.165) is 12.8 Å². The molecular weight excluding hydrogens is 192 g/mol. The predicted octanol–water partition coefficient (Wildman–Crippen LogP) is 1.71. The fraction of sp³-hybridized carbons (Fsp3) is 0.727. The van der Waals surface area contributed by atoms with Gasteiger partial charge in [-0.25, -0.2) is 4.68 Å². The van der Waals surface area contributed by atoms with Gasteiger partial charge in [0.25, 0.3) is 0 Å². The zero-order chi connectivity index (χ0) is 11.0. The molecule has 1 fully saturated rings. The zero-order valence-corrected chi connectivity index (χ0v) is 9.36. The topological polar surface area (TPSA) is 47.2 Å². The number of hydrogen-bond donors (Lipinski definition) is 1. The first-order valence-corrected chi connectivity index (χ1v) is 5.60. The van der Waals surface area contributed by atoms with Gasteiger partial charge >= 0.3 is 5.56 Å². The Morgan fingerprint density at radius 3 is 2.33 bits per heavy atom. The number of aromatic nitrogens is 2. The standard InChI is InChI=1S/C11H18N2O2/c1-8-10(14)11(15)13(12(8)2)9-6-4-3-5-7-9/h9,14H,3-7H2,1-2H3. The normalized spacial score (nSPS) is 18.3. The minimum atomic E-state index is -0.234. The summed E-state index contributed by atoms with van der Waals surface area (Å²) in [6.45, 7) is 1.77. The van der Waals surface area contributed by atoms with E-state index in [0.29, 0.717) is 5.69 Å². The summed E-state index contributed by atoms with van der Waals surface area (Å²) in [6.07, 6.45) is 5.73. The second-order valence-electron chi connectivity index (χ2n) is 4.40. The van der Waals surface area contributed by atoms with E-state index in [9.17, 15) is 9.90 Å². The van der Waals surface area contributed by atoms with Gasteiger partial charge in [-0.1, -0.05) is 19.3 Å². The van der Waals surface area contributed by atoms with Gasteiger partial charge in [0.1, 0.15) is 0 Å². The van der Waals surface area contributed by atoms with Crippen molar-refractivity contribution < 1.29 is 5.11 Å². The van der Waals surface area contributed by atoms with Crippen LogP contribution < -0.4 is 5.56 Å². The fourth-order valence-electron chi connectivity index (χ4n) is 2.45. The Labute approximate surface area is 89.1 Å². The maximum Gasteiger partial charge on any atom is 0.309 e. The van der Waals surface area contributed by atoms with E-state index in [1.807, 2.05) is 7.05 Å². The molecule has 1 aromatic rings. The minimum Gasteiger partial charge on any atom is -0.502 e. The van der Waals surface area contributed by atoms with Crippen LogP contribution in [0.4, 0.5) is 0 Å². The van der Waals surface area contributed by atoms with Crippen molar-refractivity contribution in [3.8, 4) is 5.75 Å². The van der Waals surface area contributed by atoms with Gasteiger partial charge in [-0.15, -0.1) is 0 Å². The van der Waals surface area contributed by atoms with Crippen LogP contribution in [0.5, 0.6) is 5.75 Å². The molecule has 0 atom stereocenters. The SMILES string of the molecule is Cc1c(O)c(=O)n(C2CCCCC2)n1C. The molecule has 84 valence electrons. The van der Waals surface area contributed by atoms with E-state index in [1.54, 1.807) is 16.3 Å². The lowest BCUT2D eigenvalue weighted by molar-refractivity contribution is 0.292. The first-order valence-electron chi connectivity index (χ1n) is 5.60. The summed E-state index contributed by atoms with van der Waals surface area (Å²) in [4.78, 5) is 11.8. The van der Waals surface area contributed by atoms with Crippen LogP contribution in [-0.2, 0) is 7.05 Å². The molecular formula is C11H18N2O2. The third-order valence-corrected chi connectivity index (χ3v) is 3.48. The highest BCUT2D eigenvalue weighted by Crippen LogP contribution is 2.28. The van der Waals surface area contributed by atoms with E-state index in [-0.39, 0.29) is 17.4 Å². The molecule has 1 aliphatic rings. The monoisotopic (exact) mass is 210 g/mol. The molecule has 0 radical (unpaired) electrons. The van der Waals surface area contributed by atoms with Crippen molar-refractivity contribution >= 4 is 0 Å². The molecule has 0 unspecified atom stereocenters. The second-order valence-corrected chi connectivity index (χ2v) is 4.40. The van der Waals surface area contributed by atoms with E-state index in [4.69, 9.17) is 0 Å². The maximum absolute atomic E-state index is 11.8. The van der Waals surface area contributed by atoms with Crippen LogP contribution in [0.1, 0.15) is 43.8 Å². The van der Waals surface area contributed by atoms with Crippen LogP contribution in [0.25, 0.3) is 0 Å². The third-order valence-electron chi connectivity index (χ3n) is 3.48. The quantitative estimate of drug-likeness (QED) is 0.767. The molecule has 1 aromatic heterocycles. The van der Waals surface area contributed by atoms with Crippen LogP contribution in [0.3, 0.4) is 0 Å². The molecule has 1 aliphatic carbocycles. The molecule has 0 aliphatic heterocycles. The summed E-state index contributed by atoms with van der Waals surface area (Å²) in [5.41, 5.74) is 0.424. The molecule has 1 saturated carbocycles. The van der Waals surface area contributed by atoms with Crippen LogP contribution in [0.2, 0.25) is 0 Å². The Bertz CT molecular complexity index is 411. The molecule has 1 heterocycles. The molecule has 0 aromatic carbocycles. The molecule has 0 amide bonds. The molecule has 4 nitrogen and oxygen atoms in total. The number of rotatable bonds is 1. The number of hydrogen-bond acceptors (Lipinski definition) is 2. The lowest BCUT2D eigenvalue weighted by atomic mass is 9.96. The maximum atomic E-state index is 11.8. The van der Waals surface area contributed by atoms with Gasteiger partial charge in [0.15, 0.2) is 0 Å². The first kappa shape index (κ1) is 10.3. The predicted molar refractivity (Wildman–Crippen MR) is 58.2 cm³/mol. The Kier molecular flexibility index (Phi) is 2.59. The van der Waals surface area contributed by atoms with E-state index >= 15 is 0 Å². The molecule has 2 rings (SSSR count). The zero-order valence-electron chi connectivity index (χ0n) is 9.36. The van der Waals surface area contributed by atoms with Crippen molar-refractivity contribution in [2.24, 2.45) is 7.05 Å². The highest BCUT2D eigenvalue weighted by Gasteiger charge is 2.22. The average Bonchev–Trinajstić information content (AvgIpc) is 2.45.